The maximum Gasteiger partial charge on any atom is 0.512 e. The van der Waals surface area contributed by atoms with E-state index < -0.39 is 8.80 Å². The average molecular weight is 252 g/mol. The van der Waals surface area contributed by atoms with Crippen LogP contribution in [0.25, 0.3) is 0 Å². The number of hydrogen-bond donors (Lipinski definition) is 0. The highest BCUT2D eigenvalue weighted by Gasteiger charge is 2.49. The smallest absolute Gasteiger partial charge is 0.490 e. The lowest BCUT2D eigenvalue weighted by Crippen LogP contribution is -2.50. The molecule has 0 saturated heterocycles. The van der Waals surface area contributed by atoms with E-state index in [1.54, 1.807) is 28.4 Å². The molecule has 1 atom stereocenters. The van der Waals surface area contributed by atoms with Crippen LogP contribution in [0.3, 0.4) is 0 Å². The van der Waals surface area contributed by atoms with Crippen LogP contribution in [0, 0.1) is 0 Å². The zero-order valence-electron chi connectivity index (χ0n) is 10.0. The molecule has 0 aliphatic carbocycles. The van der Waals surface area contributed by atoms with E-state index in [1.807, 2.05) is 0 Å². The van der Waals surface area contributed by atoms with Crippen molar-refractivity contribution in [2.45, 2.75) is 25.3 Å². The lowest BCUT2D eigenvalue weighted by atomic mass is 10.2. The minimum absolute atomic E-state index is 0.0810. The summed E-state index contributed by atoms with van der Waals surface area (Å²) in [5.74, 6) is 0. The molecular formula is C9H20O4SSi. The van der Waals surface area contributed by atoms with Gasteiger partial charge in [-0.1, -0.05) is 13.3 Å². The number of rotatable bonds is 7. The maximum absolute atomic E-state index is 5.40. The van der Waals surface area contributed by atoms with Gasteiger partial charge in [-0.3, -0.25) is 0 Å². The van der Waals surface area contributed by atoms with Gasteiger partial charge in [0.25, 0.3) is 0 Å². The van der Waals surface area contributed by atoms with E-state index in [4.69, 9.17) is 30.2 Å². The van der Waals surface area contributed by atoms with Gasteiger partial charge in [-0.05, 0) is 18.6 Å². The third kappa shape index (κ3) is 3.49. The Morgan fingerprint density at radius 3 is 1.87 bits per heavy atom. The van der Waals surface area contributed by atoms with Crippen LogP contribution >= 0.6 is 12.2 Å². The van der Waals surface area contributed by atoms with E-state index in [-0.39, 0.29) is 5.54 Å². The molecule has 15 heavy (non-hydrogen) atoms. The first kappa shape index (κ1) is 15.0. The topological polar surface area (TPSA) is 36.9 Å². The highest BCUT2D eigenvalue weighted by molar-refractivity contribution is 7.80. The van der Waals surface area contributed by atoms with E-state index in [0.29, 0.717) is 5.05 Å². The van der Waals surface area contributed by atoms with E-state index in [0.717, 1.165) is 12.8 Å². The molecule has 0 N–H and O–H groups in total. The first-order valence-electron chi connectivity index (χ1n) is 4.85. The van der Waals surface area contributed by atoms with Crippen LogP contribution in [-0.4, -0.2) is 42.3 Å². The molecule has 4 nitrogen and oxygen atoms in total. The molecule has 0 radical (unpaired) electrons. The Kier molecular flexibility index (Phi) is 7.29. The number of thiocarbonyl (C=S) groups is 1. The van der Waals surface area contributed by atoms with Crippen LogP contribution in [0.15, 0.2) is 0 Å². The summed E-state index contributed by atoms with van der Waals surface area (Å²) in [6.45, 7) is 2.07. The predicted octanol–water partition coefficient (Wildman–Crippen LogP) is 2.01. The monoisotopic (exact) mass is 252 g/mol. The quantitative estimate of drug-likeness (QED) is 0.512. The van der Waals surface area contributed by atoms with Crippen molar-refractivity contribution in [3.05, 3.63) is 0 Å². The average Bonchev–Trinajstić information content (AvgIpc) is 2.29. The molecule has 0 aromatic heterocycles. The first-order chi connectivity index (χ1) is 7.11. The van der Waals surface area contributed by atoms with E-state index in [9.17, 15) is 0 Å². The fourth-order valence-electron chi connectivity index (χ4n) is 1.55. The van der Waals surface area contributed by atoms with Crippen molar-refractivity contribution in [3.63, 3.8) is 0 Å². The Labute approximate surface area is 98.2 Å². The van der Waals surface area contributed by atoms with E-state index in [1.165, 1.54) is 0 Å². The lowest BCUT2D eigenvalue weighted by molar-refractivity contribution is 0.115. The second-order valence-electron chi connectivity index (χ2n) is 3.08. The second-order valence-corrected chi connectivity index (χ2v) is 6.61. The molecule has 0 aliphatic rings. The minimum Gasteiger partial charge on any atom is -0.490 e. The molecule has 0 aromatic rings. The third-order valence-corrected chi connectivity index (χ3v) is 6.12. The van der Waals surface area contributed by atoms with Gasteiger partial charge in [-0.2, -0.15) is 0 Å². The summed E-state index contributed by atoms with van der Waals surface area (Å²) in [5, 5.41) is 0.495. The molecule has 0 bridgehead atoms. The molecule has 0 saturated carbocycles. The fourth-order valence-corrected chi connectivity index (χ4v) is 4.50. The van der Waals surface area contributed by atoms with E-state index >= 15 is 0 Å². The Balaban J connectivity index is 4.90. The molecule has 6 heteroatoms. The molecule has 0 heterocycles. The van der Waals surface area contributed by atoms with Crippen molar-refractivity contribution in [2.75, 3.05) is 28.4 Å². The Bertz CT molecular complexity index is 188. The van der Waals surface area contributed by atoms with Crippen molar-refractivity contribution in [2.24, 2.45) is 0 Å². The van der Waals surface area contributed by atoms with Crippen molar-refractivity contribution in [3.8, 4) is 0 Å². The molecule has 0 fully saturated rings. The molecule has 90 valence electrons. The Morgan fingerprint density at radius 1 is 1.13 bits per heavy atom. The normalized spacial score (nSPS) is 13.7. The summed E-state index contributed by atoms with van der Waals surface area (Å²) in [6.07, 6.45) is 1.81. The van der Waals surface area contributed by atoms with Gasteiger partial charge >= 0.3 is 8.80 Å². The second kappa shape index (κ2) is 7.29. The van der Waals surface area contributed by atoms with Crippen LogP contribution in [0.5, 0.6) is 0 Å². The van der Waals surface area contributed by atoms with Crippen molar-refractivity contribution >= 4 is 26.1 Å². The number of hydrogen-bond acceptors (Lipinski definition) is 5. The van der Waals surface area contributed by atoms with Crippen LogP contribution in [0.1, 0.15) is 19.8 Å². The predicted molar refractivity (Wildman–Crippen MR) is 65.0 cm³/mol. The van der Waals surface area contributed by atoms with Crippen LogP contribution in [0.2, 0.25) is 5.54 Å². The number of ether oxygens (including phenoxy) is 1. The van der Waals surface area contributed by atoms with Gasteiger partial charge in [-0.15, -0.1) is 0 Å². The molecule has 0 spiro atoms. The van der Waals surface area contributed by atoms with Gasteiger partial charge < -0.3 is 18.0 Å². The third-order valence-electron chi connectivity index (χ3n) is 2.34. The summed E-state index contributed by atoms with van der Waals surface area (Å²) in [5.41, 5.74) is -0.0810. The van der Waals surface area contributed by atoms with Gasteiger partial charge in [0, 0.05) is 21.3 Å². The summed E-state index contributed by atoms with van der Waals surface area (Å²) < 4.78 is 21.3. The SMILES string of the molecule is CCCC(C(=S)OC)[Si](OC)(OC)OC. The zero-order chi connectivity index (χ0) is 11.9. The minimum atomic E-state index is -2.72. The number of methoxy groups -OCH3 is 1. The van der Waals surface area contributed by atoms with Gasteiger partial charge in [0.05, 0.1) is 12.7 Å². The van der Waals surface area contributed by atoms with Crippen molar-refractivity contribution in [1.82, 2.24) is 0 Å². The summed E-state index contributed by atoms with van der Waals surface area (Å²) in [6, 6.07) is 0. The zero-order valence-corrected chi connectivity index (χ0v) is 11.8. The van der Waals surface area contributed by atoms with Crippen LogP contribution in [0.4, 0.5) is 0 Å². The standard InChI is InChI=1S/C9H20O4SSi/c1-6-7-8(9(14)10-2)15(11-3,12-4)13-5/h8H,6-7H2,1-5H3. The molecule has 0 rings (SSSR count). The van der Waals surface area contributed by atoms with Gasteiger partial charge in [0.1, 0.15) is 0 Å². The largest absolute Gasteiger partial charge is 0.512 e. The summed E-state index contributed by atoms with van der Waals surface area (Å²) >= 11 is 5.16. The van der Waals surface area contributed by atoms with Gasteiger partial charge in [0.2, 0.25) is 0 Å². The van der Waals surface area contributed by atoms with Crippen molar-refractivity contribution < 1.29 is 18.0 Å². The molecule has 0 aliphatic heterocycles. The molecular weight excluding hydrogens is 232 g/mol. The summed E-state index contributed by atoms with van der Waals surface area (Å²) in [7, 11) is 3.59. The summed E-state index contributed by atoms with van der Waals surface area (Å²) in [4.78, 5) is 0. The Hall–Kier alpha value is -0.0131. The Morgan fingerprint density at radius 2 is 1.60 bits per heavy atom. The van der Waals surface area contributed by atoms with Gasteiger partial charge in [-0.25, -0.2) is 0 Å². The molecule has 0 amide bonds. The maximum atomic E-state index is 5.40. The van der Waals surface area contributed by atoms with E-state index in [2.05, 4.69) is 6.92 Å². The van der Waals surface area contributed by atoms with Gasteiger partial charge in [0.15, 0.2) is 5.05 Å². The lowest BCUT2D eigenvalue weighted by Gasteiger charge is -2.31. The van der Waals surface area contributed by atoms with Crippen LogP contribution < -0.4 is 0 Å². The highest BCUT2D eigenvalue weighted by Crippen LogP contribution is 2.30. The molecule has 1 unspecified atom stereocenters. The fraction of sp³-hybridized carbons (Fsp3) is 0.889. The highest BCUT2D eigenvalue weighted by atomic mass is 32.1. The first-order valence-corrected chi connectivity index (χ1v) is 7.06. The van der Waals surface area contributed by atoms with Crippen LogP contribution in [-0.2, 0) is 18.0 Å². The molecule has 0 aromatic carbocycles. The van der Waals surface area contributed by atoms with Crippen molar-refractivity contribution in [1.29, 1.82) is 0 Å².